The summed E-state index contributed by atoms with van der Waals surface area (Å²) in [5.74, 6) is 1.12. The number of hydrazone groups is 2. The second-order valence-corrected chi connectivity index (χ2v) is 7.18. The van der Waals surface area contributed by atoms with Gasteiger partial charge in [0.05, 0.1) is 16.8 Å². The maximum Gasteiger partial charge on any atom is 0.151 e. The van der Waals surface area contributed by atoms with Crippen LogP contribution in [-0.2, 0) is 0 Å². The monoisotopic (exact) mass is 414 g/mol. The van der Waals surface area contributed by atoms with Gasteiger partial charge in [0.1, 0.15) is 6.33 Å². The smallest absolute Gasteiger partial charge is 0.151 e. The lowest BCUT2D eigenvalue weighted by atomic mass is 10.0. The topological polar surface area (TPSA) is 74.6 Å². The lowest BCUT2D eigenvalue weighted by Crippen LogP contribution is -2.06. The predicted octanol–water partition coefficient (Wildman–Crippen LogP) is 5.25. The van der Waals surface area contributed by atoms with E-state index in [0.717, 1.165) is 29.0 Å². The molecule has 0 bridgehead atoms. The van der Waals surface area contributed by atoms with Gasteiger partial charge in [-0.1, -0.05) is 42.0 Å². The Kier molecular flexibility index (Phi) is 6.79. The van der Waals surface area contributed by atoms with Crippen LogP contribution in [0.5, 0.6) is 0 Å². The first-order chi connectivity index (χ1) is 13.5. The van der Waals surface area contributed by atoms with Crippen LogP contribution in [0, 0.1) is 0 Å². The first kappa shape index (κ1) is 20.0. The summed E-state index contributed by atoms with van der Waals surface area (Å²) in [5.41, 5.74) is 9.55. The van der Waals surface area contributed by atoms with Crippen molar-refractivity contribution in [2.24, 2.45) is 10.2 Å². The molecule has 1 unspecified atom stereocenters. The van der Waals surface area contributed by atoms with Gasteiger partial charge in [-0.15, -0.1) is 11.6 Å². The summed E-state index contributed by atoms with van der Waals surface area (Å²) in [7, 11) is 0. The second-order valence-electron chi connectivity index (χ2n) is 6.18. The molecule has 1 aliphatic rings. The molecule has 0 fully saturated rings. The average Bonchev–Trinajstić information content (AvgIpc) is 2.71. The minimum Gasteiger partial charge on any atom is -0.261 e. The molecule has 0 saturated carbocycles. The number of rotatable bonds is 6. The molecule has 3 rings (SSSR count). The zero-order valence-corrected chi connectivity index (χ0v) is 17.0. The fourth-order valence-corrected chi connectivity index (χ4v) is 2.73. The van der Waals surface area contributed by atoms with Gasteiger partial charge >= 0.3 is 0 Å². The summed E-state index contributed by atoms with van der Waals surface area (Å²) in [5, 5.41) is 9.46. The Morgan fingerprint density at radius 2 is 1.68 bits per heavy atom. The zero-order valence-electron chi connectivity index (χ0n) is 15.5. The van der Waals surface area contributed by atoms with Crippen molar-refractivity contribution in [3.05, 3.63) is 71.0 Å². The highest BCUT2D eigenvalue weighted by Crippen LogP contribution is 2.17. The quantitative estimate of drug-likeness (QED) is 0.384. The standard InChI is InChI=1S/C20H20Cl2N6/c1-13(15-3-7-17(21)8-4-15)25-27-19-11-20(24-12-23-19)28-26-14(2)16-5-9-18(22)10-6-16/h3-9,11-12,18H,10H2,1-2H3,(H2,23,24,27,28)/b25-13+,26-14+. The molecule has 1 aliphatic carbocycles. The maximum absolute atomic E-state index is 6.05. The fraction of sp³-hybridized carbons (Fsp3) is 0.200. The maximum atomic E-state index is 6.05. The molecule has 2 aromatic rings. The molecule has 1 heterocycles. The van der Waals surface area contributed by atoms with Gasteiger partial charge in [-0.3, -0.25) is 10.9 Å². The van der Waals surface area contributed by atoms with Crippen LogP contribution in [-0.4, -0.2) is 26.8 Å². The molecule has 0 spiro atoms. The highest BCUT2D eigenvalue weighted by atomic mass is 35.5. The summed E-state index contributed by atoms with van der Waals surface area (Å²) in [6, 6.07) is 9.21. The SMILES string of the molecule is C/C(=N\Nc1cc(N/N=C(\C)c2ccc(Cl)cc2)ncn1)C1=CCC(Cl)C=C1. The van der Waals surface area contributed by atoms with E-state index in [1.54, 1.807) is 6.07 Å². The van der Waals surface area contributed by atoms with Crippen LogP contribution in [0.3, 0.4) is 0 Å². The lowest BCUT2D eigenvalue weighted by molar-refractivity contribution is 1.03. The number of halogens is 2. The van der Waals surface area contributed by atoms with E-state index in [-0.39, 0.29) is 5.38 Å². The fourth-order valence-electron chi connectivity index (χ4n) is 2.44. The van der Waals surface area contributed by atoms with E-state index in [0.29, 0.717) is 16.7 Å². The number of allylic oxidation sites excluding steroid dienone is 4. The van der Waals surface area contributed by atoms with Gasteiger partial charge in [0.15, 0.2) is 11.6 Å². The molecule has 1 aromatic heterocycles. The predicted molar refractivity (Wildman–Crippen MR) is 118 cm³/mol. The summed E-state index contributed by atoms with van der Waals surface area (Å²) >= 11 is 12.0. The van der Waals surface area contributed by atoms with Crippen LogP contribution in [0.4, 0.5) is 11.6 Å². The van der Waals surface area contributed by atoms with Crippen LogP contribution in [0.15, 0.2) is 70.7 Å². The summed E-state index contributed by atoms with van der Waals surface area (Å²) in [4.78, 5) is 8.34. The van der Waals surface area contributed by atoms with Gasteiger partial charge in [-0.05, 0) is 43.5 Å². The molecular formula is C20H20Cl2N6. The zero-order chi connectivity index (χ0) is 19.9. The van der Waals surface area contributed by atoms with E-state index in [2.05, 4.69) is 37.1 Å². The minimum atomic E-state index is 0.0527. The molecule has 1 atom stereocenters. The number of aromatic nitrogens is 2. The normalized spacial score (nSPS) is 17.3. The van der Waals surface area contributed by atoms with Crippen molar-refractivity contribution in [3.63, 3.8) is 0 Å². The molecule has 28 heavy (non-hydrogen) atoms. The summed E-state index contributed by atoms with van der Waals surface area (Å²) < 4.78 is 0. The van der Waals surface area contributed by atoms with Crippen molar-refractivity contribution in [1.29, 1.82) is 0 Å². The lowest BCUT2D eigenvalue weighted by Gasteiger charge is -2.10. The number of alkyl halides is 1. The Bertz CT molecular complexity index is 947. The average molecular weight is 415 g/mol. The molecule has 1 aromatic carbocycles. The van der Waals surface area contributed by atoms with Gasteiger partial charge < -0.3 is 0 Å². The van der Waals surface area contributed by atoms with Gasteiger partial charge in [0, 0.05) is 11.1 Å². The van der Waals surface area contributed by atoms with Crippen LogP contribution in [0.25, 0.3) is 0 Å². The van der Waals surface area contributed by atoms with E-state index in [9.17, 15) is 0 Å². The van der Waals surface area contributed by atoms with Gasteiger partial charge in [-0.25, -0.2) is 9.97 Å². The molecule has 144 valence electrons. The van der Waals surface area contributed by atoms with Crippen molar-refractivity contribution < 1.29 is 0 Å². The van der Waals surface area contributed by atoms with Gasteiger partial charge in [0.2, 0.25) is 0 Å². The third kappa shape index (κ3) is 5.65. The number of hydrogen-bond donors (Lipinski definition) is 2. The van der Waals surface area contributed by atoms with Gasteiger partial charge in [0.25, 0.3) is 0 Å². The third-order valence-electron chi connectivity index (χ3n) is 4.07. The number of anilines is 2. The van der Waals surface area contributed by atoms with E-state index in [1.807, 2.05) is 50.3 Å². The van der Waals surface area contributed by atoms with E-state index in [4.69, 9.17) is 23.2 Å². The van der Waals surface area contributed by atoms with Crippen LogP contribution < -0.4 is 10.9 Å². The summed E-state index contributed by atoms with van der Waals surface area (Å²) in [6.45, 7) is 3.83. The van der Waals surface area contributed by atoms with Crippen LogP contribution in [0.2, 0.25) is 5.02 Å². The molecule has 0 amide bonds. The third-order valence-corrected chi connectivity index (χ3v) is 4.65. The molecule has 0 aliphatic heterocycles. The number of nitrogens with one attached hydrogen (secondary N) is 2. The first-order valence-electron chi connectivity index (χ1n) is 8.72. The Labute approximate surface area is 174 Å². The van der Waals surface area contributed by atoms with Crippen molar-refractivity contribution in [3.8, 4) is 0 Å². The van der Waals surface area contributed by atoms with E-state index in [1.165, 1.54) is 6.33 Å². The van der Waals surface area contributed by atoms with Crippen molar-refractivity contribution >= 4 is 46.3 Å². The molecular weight excluding hydrogens is 395 g/mol. The van der Waals surface area contributed by atoms with E-state index >= 15 is 0 Å². The first-order valence-corrected chi connectivity index (χ1v) is 9.54. The van der Waals surface area contributed by atoms with Crippen molar-refractivity contribution in [2.75, 3.05) is 10.9 Å². The number of hydrogen-bond acceptors (Lipinski definition) is 6. The Hall–Kier alpha value is -2.70. The Morgan fingerprint density at radius 1 is 1.04 bits per heavy atom. The van der Waals surface area contributed by atoms with Crippen molar-refractivity contribution in [2.45, 2.75) is 25.6 Å². The number of benzene rings is 1. The second kappa shape index (κ2) is 9.48. The van der Waals surface area contributed by atoms with Crippen LogP contribution >= 0.6 is 23.2 Å². The molecule has 2 N–H and O–H groups in total. The molecule has 6 nitrogen and oxygen atoms in total. The molecule has 8 heteroatoms. The number of nitrogens with zero attached hydrogens (tertiary/aromatic N) is 4. The highest BCUT2D eigenvalue weighted by Gasteiger charge is 2.07. The summed E-state index contributed by atoms with van der Waals surface area (Å²) in [6.07, 6.45) is 8.25. The van der Waals surface area contributed by atoms with Crippen molar-refractivity contribution in [1.82, 2.24) is 9.97 Å². The van der Waals surface area contributed by atoms with E-state index < -0.39 is 0 Å². The Morgan fingerprint density at radius 3 is 2.29 bits per heavy atom. The molecule has 0 saturated heterocycles. The Balaban J connectivity index is 1.64. The molecule has 0 radical (unpaired) electrons. The van der Waals surface area contributed by atoms with Gasteiger partial charge in [-0.2, -0.15) is 10.2 Å². The largest absolute Gasteiger partial charge is 0.261 e. The van der Waals surface area contributed by atoms with Crippen LogP contribution in [0.1, 0.15) is 25.8 Å². The highest BCUT2D eigenvalue weighted by molar-refractivity contribution is 6.30. The minimum absolute atomic E-state index is 0.0527.